The molecule has 0 saturated carbocycles. The lowest BCUT2D eigenvalue weighted by Gasteiger charge is -2.23. The van der Waals surface area contributed by atoms with E-state index in [0.717, 1.165) is 25.1 Å². The van der Waals surface area contributed by atoms with Crippen LogP contribution in [-0.2, 0) is 11.0 Å². The Labute approximate surface area is 113 Å². The quantitative estimate of drug-likeness (QED) is 0.822. The minimum Gasteiger partial charge on any atom is -0.325 e. The summed E-state index contributed by atoms with van der Waals surface area (Å²) in [6.45, 7) is 1.24. The van der Waals surface area contributed by atoms with Crippen molar-refractivity contribution in [2.24, 2.45) is 5.92 Å². The molecule has 1 aliphatic heterocycles. The molecule has 1 unspecified atom stereocenters. The van der Waals surface area contributed by atoms with Crippen molar-refractivity contribution in [2.75, 3.05) is 18.4 Å². The van der Waals surface area contributed by atoms with Crippen molar-refractivity contribution in [3.05, 3.63) is 29.6 Å². The van der Waals surface area contributed by atoms with Gasteiger partial charge in [0.1, 0.15) is 5.82 Å². The van der Waals surface area contributed by atoms with E-state index in [4.69, 9.17) is 0 Å². The summed E-state index contributed by atoms with van der Waals surface area (Å²) in [6.07, 6.45) is -3.29. The van der Waals surface area contributed by atoms with Gasteiger partial charge in [0.25, 0.3) is 0 Å². The molecule has 110 valence electrons. The molecule has 1 amide bonds. The molecule has 7 heteroatoms. The number of carbonyl (C=O) groups is 1. The fourth-order valence-corrected chi connectivity index (χ4v) is 2.17. The summed E-state index contributed by atoms with van der Waals surface area (Å²) in [5.41, 5.74) is -1.58. The summed E-state index contributed by atoms with van der Waals surface area (Å²) in [5, 5.41) is 5.26. The molecule has 1 fully saturated rings. The molecule has 0 spiro atoms. The van der Waals surface area contributed by atoms with Gasteiger partial charge in [-0.15, -0.1) is 0 Å². The van der Waals surface area contributed by atoms with Crippen LogP contribution in [0.2, 0.25) is 0 Å². The van der Waals surface area contributed by atoms with Crippen molar-refractivity contribution in [2.45, 2.75) is 19.0 Å². The van der Waals surface area contributed by atoms with Crippen LogP contribution in [-0.4, -0.2) is 19.0 Å². The molecule has 0 aromatic heterocycles. The molecule has 3 nitrogen and oxygen atoms in total. The number of halogens is 4. The number of benzene rings is 1. The molecule has 1 heterocycles. The normalized spacial score (nSPS) is 19.7. The summed E-state index contributed by atoms with van der Waals surface area (Å²) in [6, 6.07) is 2.21. The van der Waals surface area contributed by atoms with Gasteiger partial charge in [-0.3, -0.25) is 4.79 Å². The van der Waals surface area contributed by atoms with Gasteiger partial charge in [0.05, 0.1) is 17.2 Å². The third-order valence-electron chi connectivity index (χ3n) is 3.21. The molecule has 1 aromatic carbocycles. The van der Waals surface area contributed by atoms with Crippen LogP contribution in [0.3, 0.4) is 0 Å². The standard InChI is InChI=1S/C13H14F4N2O/c14-9-3-4-11(10(6-9)13(15,16)17)19-12(20)8-2-1-5-18-7-8/h3-4,6,8,18H,1-2,5,7H2,(H,19,20). The fourth-order valence-electron chi connectivity index (χ4n) is 2.17. The fraction of sp³-hybridized carbons (Fsp3) is 0.462. The van der Waals surface area contributed by atoms with Gasteiger partial charge < -0.3 is 10.6 Å². The molecular formula is C13H14F4N2O. The van der Waals surface area contributed by atoms with E-state index in [9.17, 15) is 22.4 Å². The van der Waals surface area contributed by atoms with E-state index in [2.05, 4.69) is 10.6 Å². The largest absolute Gasteiger partial charge is 0.418 e. The highest BCUT2D eigenvalue weighted by atomic mass is 19.4. The van der Waals surface area contributed by atoms with Crippen LogP contribution in [0.25, 0.3) is 0 Å². The average Bonchev–Trinajstić information content (AvgIpc) is 2.40. The number of alkyl halides is 3. The van der Waals surface area contributed by atoms with Crippen LogP contribution in [0.5, 0.6) is 0 Å². The van der Waals surface area contributed by atoms with Gasteiger partial charge in [-0.05, 0) is 37.6 Å². The second kappa shape index (κ2) is 5.78. The number of piperidine rings is 1. The molecule has 2 N–H and O–H groups in total. The van der Waals surface area contributed by atoms with Crippen LogP contribution in [0.1, 0.15) is 18.4 Å². The van der Waals surface area contributed by atoms with Crippen LogP contribution >= 0.6 is 0 Å². The highest BCUT2D eigenvalue weighted by Gasteiger charge is 2.35. The smallest absolute Gasteiger partial charge is 0.325 e. The monoisotopic (exact) mass is 290 g/mol. The molecule has 0 bridgehead atoms. The second-order valence-corrected chi connectivity index (χ2v) is 4.72. The number of hydrogen-bond acceptors (Lipinski definition) is 2. The molecule has 1 atom stereocenters. The van der Waals surface area contributed by atoms with E-state index < -0.39 is 29.2 Å². The van der Waals surface area contributed by atoms with E-state index in [1.807, 2.05) is 0 Å². The van der Waals surface area contributed by atoms with Crippen LogP contribution in [0, 0.1) is 11.7 Å². The Morgan fingerprint density at radius 1 is 1.35 bits per heavy atom. The van der Waals surface area contributed by atoms with Gasteiger partial charge in [0.2, 0.25) is 5.91 Å². The van der Waals surface area contributed by atoms with Crippen LogP contribution in [0.15, 0.2) is 18.2 Å². The number of anilines is 1. The molecule has 1 aliphatic rings. The zero-order valence-corrected chi connectivity index (χ0v) is 10.6. The van der Waals surface area contributed by atoms with E-state index in [0.29, 0.717) is 19.0 Å². The van der Waals surface area contributed by atoms with E-state index in [-0.39, 0.29) is 5.92 Å². The molecule has 2 rings (SSSR count). The van der Waals surface area contributed by atoms with Crippen molar-refractivity contribution in [3.8, 4) is 0 Å². The van der Waals surface area contributed by atoms with Crippen molar-refractivity contribution in [1.29, 1.82) is 0 Å². The van der Waals surface area contributed by atoms with Gasteiger partial charge >= 0.3 is 6.18 Å². The minimum absolute atomic E-state index is 0.366. The molecule has 0 radical (unpaired) electrons. The molecule has 0 aliphatic carbocycles. The third-order valence-corrected chi connectivity index (χ3v) is 3.21. The maximum atomic E-state index is 12.9. The SMILES string of the molecule is O=C(Nc1ccc(F)cc1C(F)(F)F)C1CCCNC1. The van der Waals surface area contributed by atoms with Crippen molar-refractivity contribution in [3.63, 3.8) is 0 Å². The van der Waals surface area contributed by atoms with Crippen molar-refractivity contribution in [1.82, 2.24) is 5.32 Å². The summed E-state index contributed by atoms with van der Waals surface area (Å²) in [4.78, 5) is 11.9. The van der Waals surface area contributed by atoms with Gasteiger partial charge in [0, 0.05) is 6.54 Å². The summed E-state index contributed by atoms with van der Waals surface area (Å²) in [7, 11) is 0. The first kappa shape index (κ1) is 14.8. The minimum atomic E-state index is -4.71. The maximum Gasteiger partial charge on any atom is 0.418 e. The van der Waals surface area contributed by atoms with Gasteiger partial charge in [-0.25, -0.2) is 4.39 Å². The number of amides is 1. The van der Waals surface area contributed by atoms with E-state index in [1.165, 1.54) is 0 Å². The van der Waals surface area contributed by atoms with Crippen LogP contribution < -0.4 is 10.6 Å². The first-order valence-corrected chi connectivity index (χ1v) is 6.26. The Morgan fingerprint density at radius 3 is 2.70 bits per heavy atom. The highest BCUT2D eigenvalue weighted by molar-refractivity contribution is 5.93. The van der Waals surface area contributed by atoms with Crippen molar-refractivity contribution < 1.29 is 22.4 Å². The summed E-state index contributed by atoms with van der Waals surface area (Å²) < 4.78 is 51.3. The van der Waals surface area contributed by atoms with Gasteiger partial charge in [-0.1, -0.05) is 0 Å². The predicted octanol–water partition coefficient (Wildman–Crippen LogP) is 2.78. The lowest BCUT2D eigenvalue weighted by molar-refractivity contribution is -0.137. The molecule has 20 heavy (non-hydrogen) atoms. The number of carbonyl (C=O) groups excluding carboxylic acids is 1. The topological polar surface area (TPSA) is 41.1 Å². The number of nitrogens with one attached hydrogen (secondary N) is 2. The zero-order valence-electron chi connectivity index (χ0n) is 10.6. The third kappa shape index (κ3) is 3.47. The number of hydrogen-bond donors (Lipinski definition) is 2. The van der Waals surface area contributed by atoms with Crippen LogP contribution in [0.4, 0.5) is 23.2 Å². The Balaban J connectivity index is 2.18. The maximum absolute atomic E-state index is 12.9. The lowest BCUT2D eigenvalue weighted by atomic mass is 9.98. The van der Waals surface area contributed by atoms with Gasteiger partial charge in [0.15, 0.2) is 0 Å². The first-order chi connectivity index (χ1) is 9.38. The molecule has 1 saturated heterocycles. The number of rotatable bonds is 2. The highest BCUT2D eigenvalue weighted by Crippen LogP contribution is 2.35. The summed E-state index contributed by atoms with van der Waals surface area (Å²) >= 11 is 0. The Bertz CT molecular complexity index is 496. The first-order valence-electron chi connectivity index (χ1n) is 6.26. The predicted molar refractivity (Wildman–Crippen MR) is 65.6 cm³/mol. The Kier molecular flexibility index (Phi) is 4.27. The second-order valence-electron chi connectivity index (χ2n) is 4.72. The van der Waals surface area contributed by atoms with Crippen molar-refractivity contribution >= 4 is 11.6 Å². The molecule has 1 aromatic rings. The Morgan fingerprint density at radius 2 is 2.10 bits per heavy atom. The average molecular weight is 290 g/mol. The zero-order chi connectivity index (χ0) is 14.8. The summed E-state index contributed by atoms with van der Waals surface area (Å²) in [5.74, 6) is -1.83. The molecular weight excluding hydrogens is 276 g/mol. The van der Waals surface area contributed by atoms with Gasteiger partial charge in [-0.2, -0.15) is 13.2 Å². The Hall–Kier alpha value is -1.63. The van der Waals surface area contributed by atoms with E-state index in [1.54, 1.807) is 0 Å². The lowest BCUT2D eigenvalue weighted by Crippen LogP contribution is -2.37. The van der Waals surface area contributed by atoms with E-state index >= 15 is 0 Å².